The second-order valence-electron chi connectivity index (χ2n) is 3.78. The molecule has 15 heavy (non-hydrogen) atoms. The van der Waals surface area contributed by atoms with Crippen molar-refractivity contribution in [3.8, 4) is 17.2 Å². The maximum atomic E-state index is 5.74. The smallest absolute Gasteiger partial charge is 0.164 e. The lowest BCUT2D eigenvalue weighted by Crippen LogP contribution is -2.18. The summed E-state index contributed by atoms with van der Waals surface area (Å²) in [7, 11) is 3.28. The van der Waals surface area contributed by atoms with E-state index in [9.17, 15) is 0 Å². The van der Waals surface area contributed by atoms with Gasteiger partial charge in [-0.15, -0.1) is 0 Å². The molecule has 0 aliphatic carbocycles. The first-order valence-electron chi connectivity index (χ1n) is 5.16. The van der Waals surface area contributed by atoms with Crippen LogP contribution in [0.1, 0.15) is 18.9 Å². The van der Waals surface area contributed by atoms with Gasteiger partial charge < -0.3 is 14.2 Å². The number of methoxy groups -OCH3 is 2. The second kappa shape index (κ2) is 4.01. The molecular formula is C12H16O3. The van der Waals surface area contributed by atoms with E-state index in [1.165, 1.54) is 5.56 Å². The minimum Gasteiger partial charge on any atom is -0.493 e. The molecular weight excluding hydrogens is 192 g/mol. The van der Waals surface area contributed by atoms with Crippen LogP contribution in [0.5, 0.6) is 17.2 Å². The first kappa shape index (κ1) is 10.1. The summed E-state index contributed by atoms with van der Waals surface area (Å²) in [6, 6.07) is 3.91. The van der Waals surface area contributed by atoms with Crippen molar-refractivity contribution >= 4 is 0 Å². The molecule has 82 valence electrons. The summed E-state index contributed by atoms with van der Waals surface area (Å²) in [5, 5.41) is 0. The zero-order valence-corrected chi connectivity index (χ0v) is 9.37. The van der Waals surface area contributed by atoms with Crippen molar-refractivity contribution in [2.24, 2.45) is 0 Å². The van der Waals surface area contributed by atoms with E-state index in [0.29, 0.717) is 0 Å². The predicted molar refractivity (Wildman–Crippen MR) is 58.0 cm³/mol. The number of benzene rings is 1. The highest BCUT2D eigenvalue weighted by atomic mass is 16.5. The molecule has 0 fully saturated rings. The molecule has 3 heteroatoms. The molecule has 1 aromatic carbocycles. The molecule has 1 unspecified atom stereocenters. The summed E-state index contributed by atoms with van der Waals surface area (Å²) in [6.45, 7) is 2.08. The minimum absolute atomic E-state index is 0.288. The second-order valence-corrected chi connectivity index (χ2v) is 3.78. The highest BCUT2D eigenvalue weighted by Gasteiger charge is 2.19. The Bertz CT molecular complexity index is 360. The third-order valence-corrected chi connectivity index (χ3v) is 2.72. The fourth-order valence-corrected chi connectivity index (χ4v) is 1.84. The molecule has 0 saturated carbocycles. The third-order valence-electron chi connectivity index (χ3n) is 2.72. The molecule has 1 aromatic rings. The Hall–Kier alpha value is -1.38. The normalized spacial score (nSPS) is 19.0. The lowest BCUT2D eigenvalue weighted by atomic mass is 10.0. The van der Waals surface area contributed by atoms with E-state index in [1.807, 2.05) is 12.1 Å². The summed E-state index contributed by atoms with van der Waals surface area (Å²) in [5.41, 5.74) is 1.20. The molecule has 3 nitrogen and oxygen atoms in total. The topological polar surface area (TPSA) is 27.7 Å². The third kappa shape index (κ3) is 1.87. The van der Waals surface area contributed by atoms with Crippen molar-refractivity contribution in [1.82, 2.24) is 0 Å². The predicted octanol–water partition coefficient (Wildman–Crippen LogP) is 2.42. The average Bonchev–Trinajstić information content (AvgIpc) is 2.27. The van der Waals surface area contributed by atoms with Crippen molar-refractivity contribution in [1.29, 1.82) is 0 Å². The van der Waals surface area contributed by atoms with E-state index >= 15 is 0 Å². The van der Waals surface area contributed by atoms with Crippen molar-refractivity contribution in [3.63, 3.8) is 0 Å². The van der Waals surface area contributed by atoms with Crippen LogP contribution in [0, 0.1) is 0 Å². The standard InChI is InChI=1S/C12H16O3/c1-8-4-5-9-6-11(13-2)12(14-3)7-10(9)15-8/h6-8H,4-5H2,1-3H3. The van der Waals surface area contributed by atoms with Crippen LogP contribution in [0.2, 0.25) is 0 Å². The zero-order valence-electron chi connectivity index (χ0n) is 9.37. The largest absolute Gasteiger partial charge is 0.493 e. The summed E-state index contributed by atoms with van der Waals surface area (Å²) in [6.07, 6.45) is 2.38. The van der Waals surface area contributed by atoms with Gasteiger partial charge in [-0.05, 0) is 31.4 Å². The molecule has 0 aromatic heterocycles. The molecule has 0 radical (unpaired) electrons. The molecule has 1 aliphatic heterocycles. The van der Waals surface area contributed by atoms with Gasteiger partial charge in [0, 0.05) is 6.07 Å². The first-order valence-corrected chi connectivity index (χ1v) is 5.16. The SMILES string of the molecule is COc1cc2c(cc1OC)OC(C)CC2. The van der Waals surface area contributed by atoms with E-state index in [4.69, 9.17) is 14.2 Å². The molecule has 0 amide bonds. The number of fused-ring (bicyclic) bond motifs is 1. The maximum absolute atomic E-state index is 5.74. The van der Waals surface area contributed by atoms with Gasteiger partial charge in [0.25, 0.3) is 0 Å². The molecule has 1 atom stereocenters. The number of aryl methyl sites for hydroxylation is 1. The molecule has 2 rings (SSSR count). The number of rotatable bonds is 2. The zero-order chi connectivity index (χ0) is 10.8. The van der Waals surface area contributed by atoms with Crippen LogP contribution in [0.3, 0.4) is 0 Å². The van der Waals surface area contributed by atoms with E-state index in [-0.39, 0.29) is 6.10 Å². The van der Waals surface area contributed by atoms with Crippen LogP contribution in [0.4, 0.5) is 0 Å². The van der Waals surface area contributed by atoms with Crippen LogP contribution in [0.15, 0.2) is 12.1 Å². The maximum Gasteiger partial charge on any atom is 0.164 e. The van der Waals surface area contributed by atoms with Crippen LogP contribution < -0.4 is 14.2 Å². The lowest BCUT2D eigenvalue weighted by molar-refractivity contribution is 0.191. The summed E-state index contributed by atoms with van der Waals surface area (Å²) < 4.78 is 16.2. The average molecular weight is 208 g/mol. The van der Waals surface area contributed by atoms with Gasteiger partial charge in [0.05, 0.1) is 20.3 Å². The molecule has 0 spiro atoms. The quantitative estimate of drug-likeness (QED) is 0.747. The van der Waals surface area contributed by atoms with Crippen molar-refractivity contribution in [2.45, 2.75) is 25.9 Å². The lowest BCUT2D eigenvalue weighted by Gasteiger charge is -2.24. The monoisotopic (exact) mass is 208 g/mol. The van der Waals surface area contributed by atoms with Crippen LogP contribution in [-0.2, 0) is 6.42 Å². The minimum atomic E-state index is 0.288. The van der Waals surface area contributed by atoms with Gasteiger partial charge in [-0.3, -0.25) is 0 Å². The van der Waals surface area contributed by atoms with Gasteiger partial charge in [0.2, 0.25) is 0 Å². The number of ether oxygens (including phenoxy) is 3. The van der Waals surface area contributed by atoms with E-state index in [1.54, 1.807) is 14.2 Å². The van der Waals surface area contributed by atoms with Gasteiger partial charge in [0.15, 0.2) is 11.5 Å². The molecule has 0 saturated heterocycles. The van der Waals surface area contributed by atoms with Crippen LogP contribution in [-0.4, -0.2) is 20.3 Å². The van der Waals surface area contributed by atoms with Gasteiger partial charge in [-0.1, -0.05) is 0 Å². The van der Waals surface area contributed by atoms with Gasteiger partial charge in [0.1, 0.15) is 5.75 Å². The Kier molecular flexibility index (Phi) is 2.71. The first-order chi connectivity index (χ1) is 7.24. The Balaban J connectivity index is 2.41. The molecule has 1 aliphatic rings. The molecule has 0 N–H and O–H groups in total. The Morgan fingerprint density at radius 3 is 2.53 bits per heavy atom. The Morgan fingerprint density at radius 1 is 1.20 bits per heavy atom. The highest BCUT2D eigenvalue weighted by molar-refractivity contribution is 5.51. The van der Waals surface area contributed by atoms with Gasteiger partial charge in [-0.2, -0.15) is 0 Å². The van der Waals surface area contributed by atoms with Gasteiger partial charge in [-0.25, -0.2) is 0 Å². The van der Waals surface area contributed by atoms with Crippen molar-refractivity contribution in [3.05, 3.63) is 17.7 Å². The number of hydrogen-bond donors (Lipinski definition) is 0. The van der Waals surface area contributed by atoms with E-state index in [2.05, 4.69) is 6.92 Å². The highest BCUT2D eigenvalue weighted by Crippen LogP contribution is 2.37. The van der Waals surface area contributed by atoms with Crippen molar-refractivity contribution < 1.29 is 14.2 Å². The molecule has 0 bridgehead atoms. The summed E-state index contributed by atoms with van der Waals surface area (Å²) >= 11 is 0. The van der Waals surface area contributed by atoms with Crippen LogP contribution in [0.25, 0.3) is 0 Å². The fraction of sp³-hybridized carbons (Fsp3) is 0.500. The summed E-state index contributed by atoms with van der Waals surface area (Å²) in [4.78, 5) is 0. The molecule has 1 heterocycles. The summed E-state index contributed by atoms with van der Waals surface area (Å²) in [5.74, 6) is 2.42. The van der Waals surface area contributed by atoms with E-state index < -0.39 is 0 Å². The fourth-order valence-electron chi connectivity index (χ4n) is 1.84. The Morgan fingerprint density at radius 2 is 1.87 bits per heavy atom. The van der Waals surface area contributed by atoms with E-state index in [0.717, 1.165) is 30.1 Å². The Labute approximate surface area is 90.0 Å². The van der Waals surface area contributed by atoms with Crippen molar-refractivity contribution in [2.75, 3.05) is 14.2 Å². The van der Waals surface area contributed by atoms with Gasteiger partial charge >= 0.3 is 0 Å². The number of hydrogen-bond acceptors (Lipinski definition) is 3. The van der Waals surface area contributed by atoms with Crippen LogP contribution >= 0.6 is 0 Å².